The minimum absolute atomic E-state index is 0.185. The van der Waals surface area contributed by atoms with Gasteiger partial charge in [-0.2, -0.15) is 13.2 Å². The summed E-state index contributed by atoms with van der Waals surface area (Å²) in [7, 11) is 0. The number of carboxylic acid groups (broad SMARTS) is 1. The maximum atomic E-state index is 13.2. The Morgan fingerprint density at radius 1 is 1.22 bits per heavy atom. The first-order valence-corrected chi connectivity index (χ1v) is 8.98. The molecule has 3 rings (SSSR count). The lowest BCUT2D eigenvalue weighted by molar-refractivity contribution is -0.143. The number of aryl methyl sites for hydroxylation is 1. The van der Waals surface area contributed by atoms with Gasteiger partial charge in [-0.3, -0.25) is 9.69 Å². The number of halogens is 4. The van der Waals surface area contributed by atoms with Crippen molar-refractivity contribution in [3.8, 4) is 0 Å². The van der Waals surface area contributed by atoms with E-state index < -0.39 is 29.8 Å². The highest BCUT2D eigenvalue weighted by Crippen LogP contribution is 2.40. The zero-order valence-electron chi connectivity index (χ0n) is 14.6. The Morgan fingerprint density at radius 3 is 2.48 bits per heavy atom. The Morgan fingerprint density at radius 2 is 1.89 bits per heavy atom. The van der Waals surface area contributed by atoms with Crippen LogP contribution in [0.5, 0.6) is 0 Å². The van der Waals surface area contributed by atoms with E-state index in [-0.39, 0.29) is 10.6 Å². The molecule has 2 aromatic rings. The van der Waals surface area contributed by atoms with Crippen LogP contribution in [0.3, 0.4) is 0 Å². The smallest absolute Gasteiger partial charge is 0.416 e. The van der Waals surface area contributed by atoms with Gasteiger partial charge in [-0.25, -0.2) is 0 Å². The molecule has 0 saturated carbocycles. The summed E-state index contributed by atoms with van der Waals surface area (Å²) in [5, 5.41) is 9.75. The van der Waals surface area contributed by atoms with Crippen LogP contribution < -0.4 is 0 Å². The first-order chi connectivity index (χ1) is 12.7. The van der Waals surface area contributed by atoms with Crippen molar-refractivity contribution in [3.63, 3.8) is 0 Å². The zero-order valence-corrected chi connectivity index (χ0v) is 15.4. The molecule has 27 heavy (non-hydrogen) atoms. The predicted octanol–water partition coefficient (Wildman–Crippen LogP) is 5.31. The summed E-state index contributed by atoms with van der Waals surface area (Å²) < 4.78 is 39.7. The van der Waals surface area contributed by atoms with Crippen LogP contribution in [0.15, 0.2) is 42.5 Å². The van der Waals surface area contributed by atoms with Crippen LogP contribution in [0.25, 0.3) is 0 Å². The van der Waals surface area contributed by atoms with Crippen LogP contribution in [0.1, 0.15) is 41.1 Å². The van der Waals surface area contributed by atoms with Crippen LogP contribution in [-0.4, -0.2) is 28.6 Å². The number of carboxylic acids is 1. The van der Waals surface area contributed by atoms with Crippen LogP contribution in [0.2, 0.25) is 5.02 Å². The highest BCUT2D eigenvalue weighted by molar-refractivity contribution is 6.31. The molecule has 0 radical (unpaired) electrons. The van der Waals surface area contributed by atoms with Gasteiger partial charge >= 0.3 is 12.1 Å². The predicted molar refractivity (Wildman–Crippen MR) is 96.8 cm³/mol. The van der Waals surface area contributed by atoms with Crippen molar-refractivity contribution < 1.29 is 23.1 Å². The summed E-state index contributed by atoms with van der Waals surface area (Å²) in [5.41, 5.74) is 1.19. The van der Waals surface area contributed by atoms with Crippen LogP contribution >= 0.6 is 11.6 Å². The van der Waals surface area contributed by atoms with Gasteiger partial charge in [0, 0.05) is 11.6 Å². The summed E-state index contributed by atoms with van der Waals surface area (Å²) in [6.07, 6.45) is -3.39. The highest BCUT2D eigenvalue weighted by atomic mass is 35.5. The van der Waals surface area contributed by atoms with E-state index >= 15 is 0 Å². The van der Waals surface area contributed by atoms with E-state index in [1.807, 2.05) is 31.2 Å². The molecule has 144 valence electrons. The lowest BCUT2D eigenvalue weighted by atomic mass is 9.94. The monoisotopic (exact) mass is 397 g/mol. The molecule has 2 aromatic carbocycles. The van der Waals surface area contributed by atoms with Crippen LogP contribution in [-0.2, 0) is 11.0 Å². The fraction of sp³-hybridized carbons (Fsp3) is 0.350. The number of likely N-dealkylation sites (tertiary alicyclic amines) is 1. The van der Waals surface area contributed by atoms with Crippen molar-refractivity contribution in [1.82, 2.24) is 4.90 Å². The van der Waals surface area contributed by atoms with Crippen molar-refractivity contribution >= 4 is 17.6 Å². The van der Waals surface area contributed by atoms with E-state index in [1.165, 1.54) is 6.07 Å². The van der Waals surface area contributed by atoms with E-state index in [2.05, 4.69) is 0 Å². The normalized spacial score (nSPS) is 19.2. The van der Waals surface area contributed by atoms with Gasteiger partial charge in [0.05, 0.1) is 11.6 Å². The van der Waals surface area contributed by atoms with Gasteiger partial charge in [-0.05, 0) is 49.1 Å². The number of nitrogens with zero attached hydrogens (tertiary/aromatic N) is 1. The Bertz CT molecular complexity index is 836. The summed E-state index contributed by atoms with van der Waals surface area (Å²) in [4.78, 5) is 13.4. The molecular formula is C20H19ClF3NO2. The molecule has 1 aliphatic rings. The SMILES string of the molecule is Cc1ccc(C(c2cc(C(F)(F)F)ccc2Cl)N2CCCC2C(=O)O)cc1. The molecule has 0 aromatic heterocycles. The number of carbonyl (C=O) groups is 1. The molecule has 2 atom stereocenters. The Hall–Kier alpha value is -2.05. The van der Waals surface area contributed by atoms with Crippen molar-refractivity contribution in [2.75, 3.05) is 6.54 Å². The van der Waals surface area contributed by atoms with E-state index in [9.17, 15) is 23.1 Å². The van der Waals surface area contributed by atoms with Crippen molar-refractivity contribution in [1.29, 1.82) is 0 Å². The van der Waals surface area contributed by atoms with Crippen LogP contribution in [0, 0.1) is 6.92 Å². The van der Waals surface area contributed by atoms with E-state index in [0.29, 0.717) is 19.4 Å². The fourth-order valence-corrected chi connectivity index (χ4v) is 3.81. The molecule has 0 aliphatic carbocycles. The van der Waals surface area contributed by atoms with E-state index in [4.69, 9.17) is 11.6 Å². The maximum Gasteiger partial charge on any atom is 0.416 e. The summed E-state index contributed by atoms with van der Waals surface area (Å²) in [6.45, 7) is 2.38. The largest absolute Gasteiger partial charge is 0.480 e. The fourth-order valence-electron chi connectivity index (χ4n) is 3.59. The molecule has 1 saturated heterocycles. The van der Waals surface area contributed by atoms with E-state index in [0.717, 1.165) is 23.3 Å². The zero-order chi connectivity index (χ0) is 19.8. The van der Waals surface area contributed by atoms with Gasteiger partial charge in [0.15, 0.2) is 0 Å². The van der Waals surface area contributed by atoms with Gasteiger partial charge < -0.3 is 5.11 Å². The molecule has 1 N–H and O–H groups in total. The number of alkyl halides is 3. The molecule has 7 heteroatoms. The minimum atomic E-state index is -4.51. The van der Waals surface area contributed by atoms with Gasteiger partial charge in [0.2, 0.25) is 0 Å². The highest BCUT2D eigenvalue weighted by Gasteiger charge is 2.39. The Balaban J connectivity index is 2.16. The number of hydrogen-bond donors (Lipinski definition) is 1. The van der Waals surface area contributed by atoms with Gasteiger partial charge in [0.1, 0.15) is 6.04 Å². The van der Waals surface area contributed by atoms with Gasteiger partial charge in [0.25, 0.3) is 0 Å². The standard InChI is InChI=1S/C20H19ClF3NO2/c1-12-4-6-13(7-5-12)18(25-10-2-3-17(25)19(26)27)15-11-14(20(22,23)24)8-9-16(15)21/h4-9,11,17-18H,2-3,10H2,1H3,(H,26,27). The molecule has 1 fully saturated rings. The van der Waals surface area contributed by atoms with Crippen LogP contribution in [0.4, 0.5) is 13.2 Å². The average molecular weight is 398 g/mol. The molecule has 0 bridgehead atoms. The number of hydrogen-bond acceptors (Lipinski definition) is 2. The number of benzene rings is 2. The average Bonchev–Trinajstić information content (AvgIpc) is 3.07. The topological polar surface area (TPSA) is 40.5 Å². The maximum absolute atomic E-state index is 13.2. The molecule has 1 heterocycles. The summed E-state index contributed by atoms with van der Waals surface area (Å²) >= 11 is 6.29. The summed E-state index contributed by atoms with van der Waals surface area (Å²) in [6, 6.07) is 9.12. The molecular weight excluding hydrogens is 379 g/mol. The third kappa shape index (κ3) is 4.12. The molecule has 0 amide bonds. The van der Waals surface area contributed by atoms with Crippen molar-refractivity contribution in [2.45, 2.75) is 38.0 Å². The third-order valence-electron chi connectivity index (χ3n) is 4.92. The van der Waals surface area contributed by atoms with Gasteiger partial charge in [-0.1, -0.05) is 41.4 Å². The second-order valence-corrected chi connectivity index (χ2v) is 7.19. The lowest BCUT2D eigenvalue weighted by Gasteiger charge is -2.33. The first kappa shape index (κ1) is 19.7. The lowest BCUT2D eigenvalue weighted by Crippen LogP contribution is -2.39. The summed E-state index contributed by atoms with van der Waals surface area (Å²) in [5.74, 6) is -0.979. The third-order valence-corrected chi connectivity index (χ3v) is 5.27. The second kappa shape index (κ2) is 7.52. The Kier molecular flexibility index (Phi) is 5.49. The minimum Gasteiger partial charge on any atom is -0.480 e. The van der Waals surface area contributed by atoms with Crippen molar-refractivity contribution in [3.05, 3.63) is 69.7 Å². The quantitative estimate of drug-likeness (QED) is 0.760. The number of aliphatic carboxylic acids is 1. The van der Waals surface area contributed by atoms with Gasteiger partial charge in [-0.15, -0.1) is 0 Å². The molecule has 0 spiro atoms. The van der Waals surface area contributed by atoms with Crippen molar-refractivity contribution in [2.24, 2.45) is 0 Å². The Labute approximate surface area is 160 Å². The number of rotatable bonds is 4. The molecule has 3 nitrogen and oxygen atoms in total. The first-order valence-electron chi connectivity index (χ1n) is 8.60. The second-order valence-electron chi connectivity index (χ2n) is 6.78. The molecule has 1 aliphatic heterocycles. The molecule has 2 unspecified atom stereocenters. The van der Waals surface area contributed by atoms with E-state index in [1.54, 1.807) is 4.90 Å².